The number of nitrogens with one attached hydrogen (secondary N) is 2. The van der Waals surface area contributed by atoms with Crippen LogP contribution in [0, 0.1) is 0 Å². The fourth-order valence-corrected chi connectivity index (χ4v) is 5.21. The summed E-state index contributed by atoms with van der Waals surface area (Å²) >= 11 is 0. The summed E-state index contributed by atoms with van der Waals surface area (Å²) in [7, 11) is -3.30. The van der Waals surface area contributed by atoms with Crippen LogP contribution in [-0.4, -0.2) is 30.4 Å². The fourth-order valence-electron chi connectivity index (χ4n) is 4.58. The first-order valence-electron chi connectivity index (χ1n) is 10.3. The largest absolute Gasteiger partial charge is 0.311 e. The number of carbonyl (C=O) groups is 1. The van der Waals surface area contributed by atoms with Crippen molar-refractivity contribution in [2.45, 2.75) is 68.2 Å². The molecular formula is C21H27N3O4S. The molecule has 1 fully saturated rings. The van der Waals surface area contributed by atoms with Gasteiger partial charge in [0.15, 0.2) is 9.84 Å². The normalized spacial score (nSPS) is 21.1. The zero-order valence-corrected chi connectivity index (χ0v) is 17.4. The highest BCUT2D eigenvalue weighted by molar-refractivity contribution is 7.90. The van der Waals surface area contributed by atoms with E-state index in [0.29, 0.717) is 11.4 Å². The molecule has 156 valence electrons. The van der Waals surface area contributed by atoms with Crippen molar-refractivity contribution in [2.24, 2.45) is 0 Å². The van der Waals surface area contributed by atoms with Crippen LogP contribution in [0.25, 0.3) is 0 Å². The van der Waals surface area contributed by atoms with Crippen molar-refractivity contribution in [3.05, 3.63) is 45.7 Å². The van der Waals surface area contributed by atoms with E-state index in [9.17, 15) is 18.0 Å². The van der Waals surface area contributed by atoms with Gasteiger partial charge in [0.25, 0.3) is 5.56 Å². The third-order valence-corrected chi connectivity index (χ3v) is 7.24. The molecule has 0 saturated heterocycles. The summed E-state index contributed by atoms with van der Waals surface area (Å²) < 4.78 is 25.3. The van der Waals surface area contributed by atoms with Gasteiger partial charge in [0, 0.05) is 18.6 Å². The second kappa shape index (κ2) is 7.82. The first-order valence-corrected chi connectivity index (χ1v) is 12.2. The number of benzene rings is 1. The first kappa shape index (κ1) is 19.9. The Hall–Kier alpha value is -2.35. The van der Waals surface area contributed by atoms with E-state index in [1.54, 1.807) is 12.1 Å². The molecule has 1 saturated carbocycles. The Morgan fingerprint density at radius 3 is 2.21 bits per heavy atom. The van der Waals surface area contributed by atoms with Crippen molar-refractivity contribution in [1.29, 1.82) is 0 Å². The Bertz CT molecular complexity index is 1060. The molecular weight excluding hydrogens is 390 g/mol. The van der Waals surface area contributed by atoms with Crippen LogP contribution in [0.15, 0.2) is 34.0 Å². The zero-order chi connectivity index (χ0) is 20.6. The molecule has 1 aliphatic heterocycles. The summed E-state index contributed by atoms with van der Waals surface area (Å²) in [6.07, 6.45) is 9.19. The van der Waals surface area contributed by atoms with Crippen LogP contribution >= 0.6 is 0 Å². The summed E-state index contributed by atoms with van der Waals surface area (Å²) in [6, 6.07) is 6.66. The van der Waals surface area contributed by atoms with Gasteiger partial charge in [-0.1, -0.05) is 44.2 Å². The second-order valence-corrected chi connectivity index (χ2v) is 10.2. The number of rotatable bonds is 3. The van der Waals surface area contributed by atoms with E-state index in [-0.39, 0.29) is 34.7 Å². The van der Waals surface area contributed by atoms with Crippen molar-refractivity contribution in [1.82, 2.24) is 9.78 Å². The van der Waals surface area contributed by atoms with Crippen LogP contribution in [0.5, 0.6) is 0 Å². The van der Waals surface area contributed by atoms with Gasteiger partial charge in [-0.05, 0) is 30.5 Å². The van der Waals surface area contributed by atoms with Crippen molar-refractivity contribution in [2.75, 3.05) is 11.6 Å². The molecule has 0 bridgehead atoms. The van der Waals surface area contributed by atoms with Crippen LogP contribution in [0.3, 0.4) is 0 Å². The molecule has 1 aromatic carbocycles. The molecule has 2 aromatic rings. The van der Waals surface area contributed by atoms with Crippen LogP contribution in [0.4, 0.5) is 5.82 Å². The summed E-state index contributed by atoms with van der Waals surface area (Å²) in [5, 5.41) is 5.89. The number of aromatic amines is 1. The number of nitrogens with zero attached hydrogens (tertiary/aromatic N) is 1. The number of H-pyrrole nitrogens is 1. The van der Waals surface area contributed by atoms with E-state index >= 15 is 0 Å². The highest BCUT2D eigenvalue weighted by Gasteiger charge is 2.34. The number of hydrogen-bond donors (Lipinski definition) is 2. The van der Waals surface area contributed by atoms with Crippen molar-refractivity contribution in [3.63, 3.8) is 0 Å². The predicted molar refractivity (Wildman–Crippen MR) is 111 cm³/mol. The van der Waals surface area contributed by atoms with Gasteiger partial charge in [-0.3, -0.25) is 19.4 Å². The van der Waals surface area contributed by atoms with Gasteiger partial charge < -0.3 is 5.32 Å². The molecule has 29 heavy (non-hydrogen) atoms. The van der Waals surface area contributed by atoms with Gasteiger partial charge in [-0.25, -0.2) is 8.42 Å². The Morgan fingerprint density at radius 2 is 1.59 bits per heavy atom. The SMILES string of the molecule is CS(=O)(=O)c1ccc([C@H]2CC(=O)Nc3c2c(=O)[nH]n3C2CCCCCCC2)cc1. The van der Waals surface area contributed by atoms with Gasteiger partial charge in [0.2, 0.25) is 5.91 Å². The van der Waals surface area contributed by atoms with E-state index in [1.807, 2.05) is 4.68 Å². The van der Waals surface area contributed by atoms with Crippen LogP contribution in [0.1, 0.15) is 74.5 Å². The minimum Gasteiger partial charge on any atom is -0.311 e. The highest BCUT2D eigenvalue weighted by atomic mass is 32.2. The molecule has 2 aliphatic rings. The maximum Gasteiger partial charge on any atom is 0.270 e. The van der Waals surface area contributed by atoms with Gasteiger partial charge in [-0.15, -0.1) is 0 Å². The molecule has 2 heterocycles. The molecule has 1 aliphatic carbocycles. The second-order valence-electron chi connectivity index (χ2n) is 8.22. The average molecular weight is 418 g/mol. The molecule has 1 atom stereocenters. The Balaban J connectivity index is 1.73. The lowest BCUT2D eigenvalue weighted by Crippen LogP contribution is -2.27. The highest BCUT2D eigenvalue weighted by Crippen LogP contribution is 2.38. The molecule has 4 rings (SSSR count). The summed E-state index contributed by atoms with van der Waals surface area (Å²) in [4.78, 5) is 25.6. The molecule has 7 nitrogen and oxygen atoms in total. The predicted octanol–water partition coefficient (Wildman–Crippen LogP) is 3.34. The molecule has 1 aromatic heterocycles. The summed E-state index contributed by atoms with van der Waals surface area (Å²) in [6.45, 7) is 0. The quantitative estimate of drug-likeness (QED) is 0.800. The number of hydrogen-bond acceptors (Lipinski definition) is 4. The summed E-state index contributed by atoms with van der Waals surface area (Å²) in [5.74, 6) is 0.0632. The van der Waals surface area contributed by atoms with Crippen LogP contribution in [0.2, 0.25) is 0 Å². The number of anilines is 1. The van der Waals surface area contributed by atoms with Crippen molar-refractivity contribution >= 4 is 21.6 Å². The van der Waals surface area contributed by atoms with Gasteiger partial charge >= 0.3 is 0 Å². The van der Waals surface area contributed by atoms with E-state index < -0.39 is 9.84 Å². The number of fused-ring (bicyclic) bond motifs is 1. The minimum absolute atomic E-state index is 0.131. The van der Waals surface area contributed by atoms with Crippen LogP contribution in [-0.2, 0) is 14.6 Å². The monoisotopic (exact) mass is 417 g/mol. The smallest absolute Gasteiger partial charge is 0.270 e. The fraction of sp³-hybridized carbons (Fsp3) is 0.524. The number of carbonyl (C=O) groups excluding carboxylic acids is 1. The molecule has 0 unspecified atom stereocenters. The molecule has 8 heteroatoms. The molecule has 1 amide bonds. The van der Waals surface area contributed by atoms with Gasteiger partial charge in [0.1, 0.15) is 5.82 Å². The van der Waals surface area contributed by atoms with Crippen LogP contribution < -0.4 is 10.9 Å². The molecule has 2 N–H and O–H groups in total. The van der Waals surface area contributed by atoms with Gasteiger partial charge in [0.05, 0.1) is 16.5 Å². The standard InChI is InChI=1S/C21H27N3O4S/c1-29(27,28)16-11-9-14(10-12-16)17-13-18(25)22-20-19(17)21(26)23-24(20)15-7-5-3-2-4-6-8-15/h9-12,15,17H,2-8,13H2,1H3,(H,22,25)(H,23,26)/t17-/m1/s1. The number of amides is 1. The lowest BCUT2D eigenvalue weighted by Gasteiger charge is -2.27. The topological polar surface area (TPSA) is 101 Å². The maximum absolute atomic E-state index is 12.9. The lowest BCUT2D eigenvalue weighted by molar-refractivity contribution is -0.116. The Kier molecular flexibility index (Phi) is 5.38. The molecule has 0 spiro atoms. The average Bonchev–Trinajstić information content (AvgIpc) is 2.96. The zero-order valence-electron chi connectivity index (χ0n) is 16.6. The van der Waals surface area contributed by atoms with Crippen molar-refractivity contribution in [3.8, 4) is 0 Å². The first-order chi connectivity index (χ1) is 13.8. The van der Waals surface area contributed by atoms with Gasteiger partial charge in [-0.2, -0.15) is 0 Å². The maximum atomic E-state index is 12.9. The summed E-state index contributed by atoms with van der Waals surface area (Å²) in [5.41, 5.74) is 1.16. The van der Waals surface area contributed by atoms with E-state index in [4.69, 9.17) is 0 Å². The number of sulfone groups is 1. The Morgan fingerprint density at radius 1 is 0.966 bits per heavy atom. The minimum atomic E-state index is -3.30. The number of aromatic nitrogens is 2. The van der Waals surface area contributed by atoms with E-state index in [1.165, 1.54) is 31.4 Å². The van der Waals surface area contributed by atoms with Crippen molar-refractivity contribution < 1.29 is 13.2 Å². The Labute approximate surface area is 170 Å². The third-order valence-electron chi connectivity index (χ3n) is 6.11. The van der Waals surface area contributed by atoms with E-state index in [2.05, 4.69) is 10.4 Å². The third kappa shape index (κ3) is 4.03. The van der Waals surface area contributed by atoms with E-state index in [0.717, 1.165) is 37.5 Å². The lowest BCUT2D eigenvalue weighted by atomic mass is 9.87. The molecule has 0 radical (unpaired) electrons.